The van der Waals surface area contributed by atoms with Crippen molar-refractivity contribution in [3.8, 4) is 0 Å². The van der Waals surface area contributed by atoms with Crippen LogP contribution in [-0.2, 0) is 25.6 Å². The molecule has 1 saturated heterocycles. The summed E-state index contributed by atoms with van der Waals surface area (Å²) in [6.45, 7) is 0.274. The van der Waals surface area contributed by atoms with Gasteiger partial charge in [0.25, 0.3) is 0 Å². The molecule has 1 fully saturated rings. The number of hydrogen-bond acceptors (Lipinski definition) is 4. The van der Waals surface area contributed by atoms with Gasteiger partial charge in [-0.3, -0.25) is 0 Å². The molecule has 0 amide bonds. The highest BCUT2D eigenvalue weighted by atomic mass is 35.5. The van der Waals surface area contributed by atoms with Crippen molar-refractivity contribution in [3.63, 3.8) is 0 Å². The molecule has 0 bridgehead atoms. The van der Waals surface area contributed by atoms with E-state index in [4.69, 9.17) is 11.6 Å². The summed E-state index contributed by atoms with van der Waals surface area (Å²) in [7, 11) is -6.75. The molecule has 2 rings (SSSR count). The van der Waals surface area contributed by atoms with Gasteiger partial charge in [-0.25, -0.2) is 21.1 Å². The summed E-state index contributed by atoms with van der Waals surface area (Å²) in [5.74, 6) is -0.205. The molecular formula is C12H16ClNO4S2. The van der Waals surface area contributed by atoms with Crippen LogP contribution >= 0.6 is 11.6 Å². The van der Waals surface area contributed by atoms with Crippen LogP contribution in [0.5, 0.6) is 0 Å². The van der Waals surface area contributed by atoms with Crippen molar-refractivity contribution in [3.05, 3.63) is 34.9 Å². The van der Waals surface area contributed by atoms with Crippen LogP contribution in [0.15, 0.2) is 24.3 Å². The summed E-state index contributed by atoms with van der Waals surface area (Å²) >= 11 is 5.96. The van der Waals surface area contributed by atoms with Gasteiger partial charge in [-0.05, 0) is 18.1 Å². The minimum Gasteiger partial charge on any atom is -0.229 e. The van der Waals surface area contributed by atoms with E-state index in [1.165, 1.54) is 4.31 Å². The van der Waals surface area contributed by atoms with Crippen molar-refractivity contribution in [2.24, 2.45) is 0 Å². The van der Waals surface area contributed by atoms with Gasteiger partial charge in [0.15, 0.2) is 9.84 Å². The molecule has 0 saturated carbocycles. The van der Waals surface area contributed by atoms with Crippen LogP contribution in [0.1, 0.15) is 12.0 Å². The minimum absolute atomic E-state index is 0.0334. The number of hydrogen-bond donors (Lipinski definition) is 0. The van der Waals surface area contributed by atoms with Crippen LogP contribution in [-0.4, -0.2) is 45.7 Å². The molecule has 0 N–H and O–H groups in total. The van der Waals surface area contributed by atoms with Gasteiger partial charge in [-0.1, -0.05) is 29.8 Å². The molecule has 112 valence electrons. The fourth-order valence-corrected chi connectivity index (χ4v) is 5.18. The van der Waals surface area contributed by atoms with Gasteiger partial charge in [-0.15, -0.1) is 0 Å². The smallest absolute Gasteiger partial charge is 0.218 e. The first-order chi connectivity index (χ1) is 9.20. The normalized spacial score (nSPS) is 21.2. The monoisotopic (exact) mass is 337 g/mol. The van der Waals surface area contributed by atoms with E-state index in [0.29, 0.717) is 17.0 Å². The Hall–Kier alpha value is -0.630. The number of sulfone groups is 1. The highest BCUT2D eigenvalue weighted by molar-refractivity contribution is 7.91. The molecule has 1 atom stereocenters. The van der Waals surface area contributed by atoms with Crippen molar-refractivity contribution >= 4 is 31.5 Å². The van der Waals surface area contributed by atoms with Crippen LogP contribution in [0.3, 0.4) is 0 Å². The van der Waals surface area contributed by atoms with E-state index in [1.807, 2.05) is 0 Å². The average molecular weight is 338 g/mol. The van der Waals surface area contributed by atoms with E-state index in [0.717, 1.165) is 6.26 Å². The Labute approximate surface area is 124 Å². The Morgan fingerprint density at radius 1 is 1.25 bits per heavy atom. The lowest BCUT2D eigenvalue weighted by Crippen LogP contribution is -2.32. The molecular weight excluding hydrogens is 322 g/mol. The van der Waals surface area contributed by atoms with Crippen LogP contribution in [0, 0.1) is 0 Å². The molecule has 1 aliphatic rings. The fraction of sp³-hybridized carbons (Fsp3) is 0.500. The van der Waals surface area contributed by atoms with Gasteiger partial charge >= 0.3 is 0 Å². The number of sulfonamides is 1. The fourth-order valence-electron chi connectivity index (χ4n) is 2.20. The maximum absolute atomic E-state index is 12.3. The second-order valence-electron chi connectivity index (χ2n) is 4.95. The lowest BCUT2D eigenvalue weighted by molar-refractivity contribution is 0.476. The van der Waals surface area contributed by atoms with Crippen LogP contribution in [0.25, 0.3) is 0 Å². The van der Waals surface area contributed by atoms with E-state index < -0.39 is 25.1 Å². The first-order valence-electron chi connectivity index (χ1n) is 6.10. The van der Waals surface area contributed by atoms with E-state index in [1.54, 1.807) is 24.3 Å². The Kier molecular flexibility index (Phi) is 4.44. The minimum atomic E-state index is -3.54. The van der Waals surface area contributed by atoms with Crippen LogP contribution in [0.4, 0.5) is 0 Å². The second-order valence-corrected chi connectivity index (χ2v) is 9.65. The maximum Gasteiger partial charge on any atom is 0.218 e. The molecule has 1 aliphatic heterocycles. The van der Waals surface area contributed by atoms with E-state index in [2.05, 4.69) is 0 Å². The molecule has 5 nitrogen and oxygen atoms in total. The number of benzene rings is 1. The SMILES string of the molecule is CS(=O)(=O)C1CCN(S(=O)(=O)Cc2ccccc2Cl)C1. The second kappa shape index (κ2) is 5.63. The average Bonchev–Trinajstić information content (AvgIpc) is 2.81. The van der Waals surface area contributed by atoms with Crippen molar-refractivity contribution in [1.82, 2.24) is 4.31 Å². The molecule has 20 heavy (non-hydrogen) atoms. The summed E-state index contributed by atoms with van der Waals surface area (Å²) in [6, 6.07) is 6.74. The number of nitrogens with zero attached hydrogens (tertiary/aromatic N) is 1. The molecule has 1 unspecified atom stereocenters. The topological polar surface area (TPSA) is 71.5 Å². The summed E-state index contributed by atoms with van der Waals surface area (Å²) < 4.78 is 48.8. The van der Waals surface area contributed by atoms with Gasteiger partial charge in [0.05, 0.1) is 11.0 Å². The summed E-state index contributed by atoms with van der Waals surface area (Å²) in [5, 5.41) is -0.210. The molecule has 0 radical (unpaired) electrons. The maximum atomic E-state index is 12.3. The van der Waals surface area contributed by atoms with Gasteiger partial charge in [-0.2, -0.15) is 0 Å². The Balaban J connectivity index is 2.15. The quantitative estimate of drug-likeness (QED) is 0.830. The van der Waals surface area contributed by atoms with E-state index >= 15 is 0 Å². The molecule has 1 aromatic carbocycles. The molecule has 0 spiro atoms. The van der Waals surface area contributed by atoms with Crippen LogP contribution < -0.4 is 0 Å². The Bertz CT molecular complexity index is 700. The van der Waals surface area contributed by atoms with Crippen LogP contribution in [0.2, 0.25) is 5.02 Å². The highest BCUT2D eigenvalue weighted by Crippen LogP contribution is 2.24. The molecule has 1 aromatic rings. The zero-order chi connectivity index (χ0) is 15.0. The van der Waals surface area contributed by atoms with E-state index in [-0.39, 0.29) is 18.8 Å². The third-order valence-corrected chi connectivity index (χ3v) is 7.16. The van der Waals surface area contributed by atoms with Gasteiger partial charge in [0, 0.05) is 24.4 Å². The summed E-state index contributed by atoms with van der Waals surface area (Å²) in [6.07, 6.45) is 1.49. The Morgan fingerprint density at radius 3 is 2.45 bits per heavy atom. The molecule has 0 aliphatic carbocycles. The predicted octanol–water partition coefficient (Wildman–Crippen LogP) is 1.29. The third kappa shape index (κ3) is 3.52. The van der Waals surface area contributed by atoms with Gasteiger partial charge < -0.3 is 0 Å². The van der Waals surface area contributed by atoms with Gasteiger partial charge in [0.1, 0.15) is 0 Å². The van der Waals surface area contributed by atoms with Crippen molar-refractivity contribution < 1.29 is 16.8 Å². The largest absolute Gasteiger partial charge is 0.229 e. The molecule has 0 aromatic heterocycles. The summed E-state index contributed by atoms with van der Waals surface area (Å²) in [4.78, 5) is 0. The number of rotatable bonds is 4. The highest BCUT2D eigenvalue weighted by Gasteiger charge is 2.36. The van der Waals surface area contributed by atoms with Crippen molar-refractivity contribution in [2.45, 2.75) is 17.4 Å². The zero-order valence-electron chi connectivity index (χ0n) is 11.0. The van der Waals surface area contributed by atoms with Crippen molar-refractivity contribution in [2.75, 3.05) is 19.3 Å². The zero-order valence-corrected chi connectivity index (χ0v) is 13.4. The Morgan fingerprint density at radius 2 is 1.90 bits per heavy atom. The first-order valence-corrected chi connectivity index (χ1v) is 10.0. The molecule has 8 heteroatoms. The number of halogens is 1. The van der Waals surface area contributed by atoms with E-state index in [9.17, 15) is 16.8 Å². The first kappa shape index (κ1) is 15.8. The lowest BCUT2D eigenvalue weighted by Gasteiger charge is -2.16. The predicted molar refractivity (Wildman–Crippen MR) is 78.9 cm³/mol. The lowest BCUT2D eigenvalue weighted by atomic mass is 10.2. The molecule has 1 heterocycles. The summed E-state index contributed by atoms with van der Waals surface area (Å²) in [5.41, 5.74) is 0.525. The van der Waals surface area contributed by atoms with Crippen molar-refractivity contribution in [1.29, 1.82) is 0 Å². The third-order valence-electron chi connectivity index (χ3n) is 3.40. The van der Waals surface area contributed by atoms with Gasteiger partial charge in [0.2, 0.25) is 10.0 Å². The standard InChI is InChI=1S/C12H16ClNO4S2/c1-19(15,16)11-6-7-14(8-11)20(17,18)9-10-4-2-3-5-12(10)13/h2-5,11H,6-9H2,1H3.